The molecule has 0 amide bonds. The van der Waals surface area contributed by atoms with Crippen LogP contribution in [0.1, 0.15) is 18.4 Å². The zero-order chi connectivity index (χ0) is 11.5. The van der Waals surface area contributed by atoms with E-state index >= 15 is 0 Å². The van der Waals surface area contributed by atoms with Crippen LogP contribution in [0.4, 0.5) is 5.69 Å². The van der Waals surface area contributed by atoms with Gasteiger partial charge in [0.05, 0.1) is 7.11 Å². The predicted molar refractivity (Wildman–Crippen MR) is 61.0 cm³/mol. The first-order valence-corrected chi connectivity index (χ1v) is 5.37. The minimum Gasteiger partial charge on any atom is -0.497 e. The van der Waals surface area contributed by atoms with Gasteiger partial charge in [0.25, 0.3) is 0 Å². The Hall–Kier alpha value is -1.71. The molecule has 0 aliphatic carbocycles. The molecule has 1 aromatic rings. The fourth-order valence-electron chi connectivity index (χ4n) is 1.99. The minimum absolute atomic E-state index is 0.477. The molecule has 4 heteroatoms. The van der Waals surface area contributed by atoms with E-state index in [1.165, 1.54) is 0 Å². The number of anilines is 1. The number of fused-ring (bicyclic) bond motifs is 1. The smallest absolute Gasteiger partial charge is 0.326 e. The Labute approximate surface area is 94.2 Å². The number of ether oxygens (including phenoxy) is 1. The van der Waals surface area contributed by atoms with Crippen molar-refractivity contribution in [3.8, 4) is 5.75 Å². The van der Waals surface area contributed by atoms with Gasteiger partial charge in [-0.15, -0.1) is 0 Å². The van der Waals surface area contributed by atoms with Crippen molar-refractivity contribution < 1.29 is 14.6 Å². The van der Waals surface area contributed by atoms with Gasteiger partial charge in [-0.1, -0.05) is 0 Å². The highest BCUT2D eigenvalue weighted by Gasteiger charge is 2.21. The Morgan fingerprint density at radius 2 is 2.38 bits per heavy atom. The monoisotopic (exact) mass is 221 g/mol. The number of methoxy groups -OCH3 is 1. The van der Waals surface area contributed by atoms with Crippen LogP contribution in [0.25, 0.3) is 0 Å². The number of hydrogen-bond acceptors (Lipinski definition) is 3. The standard InChI is InChI=1S/C12H15NO3/c1-16-9-5-6-10-8(7-9)3-2-4-11(13-10)12(14)15/h5-7,11,13H,2-4H2,1H3,(H,14,15). The summed E-state index contributed by atoms with van der Waals surface area (Å²) in [5.41, 5.74) is 2.04. The third-order valence-corrected chi connectivity index (χ3v) is 2.88. The van der Waals surface area contributed by atoms with Crippen LogP contribution in [0.15, 0.2) is 18.2 Å². The summed E-state index contributed by atoms with van der Waals surface area (Å²) in [5.74, 6) is 0.0259. The number of carboxylic acids is 1. The molecule has 0 bridgehead atoms. The molecule has 2 N–H and O–H groups in total. The lowest BCUT2D eigenvalue weighted by Crippen LogP contribution is -2.28. The number of carboxylic acid groups (broad SMARTS) is 1. The van der Waals surface area contributed by atoms with Crippen LogP contribution in [0, 0.1) is 0 Å². The van der Waals surface area contributed by atoms with Crippen LogP contribution in [0.3, 0.4) is 0 Å². The summed E-state index contributed by atoms with van der Waals surface area (Å²) in [7, 11) is 1.63. The summed E-state index contributed by atoms with van der Waals surface area (Å²) >= 11 is 0. The van der Waals surface area contributed by atoms with Crippen LogP contribution in [-0.4, -0.2) is 24.2 Å². The first kappa shape index (κ1) is 10.8. The van der Waals surface area contributed by atoms with E-state index in [9.17, 15) is 4.79 Å². The Morgan fingerprint density at radius 1 is 1.56 bits per heavy atom. The number of carbonyl (C=O) groups is 1. The Bertz CT molecular complexity index is 403. The molecule has 0 saturated heterocycles. The summed E-state index contributed by atoms with van der Waals surface area (Å²) in [4.78, 5) is 11.0. The van der Waals surface area contributed by atoms with Crippen LogP contribution in [0.2, 0.25) is 0 Å². The van der Waals surface area contributed by atoms with Crippen molar-refractivity contribution in [1.82, 2.24) is 0 Å². The molecule has 1 aliphatic rings. The first-order chi connectivity index (χ1) is 7.70. The molecule has 0 aromatic heterocycles. The van der Waals surface area contributed by atoms with Gasteiger partial charge >= 0.3 is 5.97 Å². The summed E-state index contributed by atoms with van der Waals surface area (Å²) in [6, 6.07) is 5.22. The summed E-state index contributed by atoms with van der Waals surface area (Å²) < 4.78 is 5.15. The second-order valence-corrected chi connectivity index (χ2v) is 3.95. The topological polar surface area (TPSA) is 58.6 Å². The van der Waals surface area contributed by atoms with Crippen LogP contribution in [-0.2, 0) is 11.2 Å². The van der Waals surface area contributed by atoms with Gasteiger partial charge in [-0.3, -0.25) is 0 Å². The van der Waals surface area contributed by atoms with Gasteiger partial charge in [0.2, 0.25) is 0 Å². The summed E-state index contributed by atoms with van der Waals surface area (Å²) in [5, 5.41) is 12.1. The van der Waals surface area contributed by atoms with Crippen molar-refractivity contribution in [2.45, 2.75) is 25.3 Å². The van der Waals surface area contributed by atoms with Crippen LogP contribution in [0.5, 0.6) is 5.75 Å². The Morgan fingerprint density at radius 3 is 3.06 bits per heavy atom. The van der Waals surface area contributed by atoms with Crippen molar-refractivity contribution in [3.63, 3.8) is 0 Å². The van der Waals surface area contributed by atoms with E-state index in [2.05, 4.69) is 5.32 Å². The van der Waals surface area contributed by atoms with Gasteiger partial charge in [0.1, 0.15) is 11.8 Å². The molecule has 0 spiro atoms. The number of benzene rings is 1. The minimum atomic E-state index is -0.788. The summed E-state index contributed by atoms with van der Waals surface area (Å²) in [6.07, 6.45) is 2.43. The fraction of sp³-hybridized carbons (Fsp3) is 0.417. The molecule has 1 unspecified atom stereocenters. The molecule has 1 heterocycles. The van der Waals surface area contributed by atoms with Crippen molar-refractivity contribution >= 4 is 11.7 Å². The molecule has 2 rings (SSSR count). The molecular weight excluding hydrogens is 206 g/mol. The maximum absolute atomic E-state index is 11.0. The van der Waals surface area contributed by atoms with E-state index in [0.717, 1.165) is 29.8 Å². The van der Waals surface area contributed by atoms with Crippen molar-refractivity contribution in [2.75, 3.05) is 12.4 Å². The highest BCUT2D eigenvalue weighted by atomic mass is 16.5. The van der Waals surface area contributed by atoms with Gasteiger partial charge in [-0.05, 0) is 43.0 Å². The van der Waals surface area contributed by atoms with Crippen molar-refractivity contribution in [1.29, 1.82) is 0 Å². The lowest BCUT2D eigenvalue weighted by atomic mass is 10.1. The third-order valence-electron chi connectivity index (χ3n) is 2.88. The van der Waals surface area contributed by atoms with Crippen LogP contribution < -0.4 is 10.1 Å². The normalized spacial score (nSPS) is 19.2. The van der Waals surface area contributed by atoms with Gasteiger partial charge < -0.3 is 15.2 Å². The highest BCUT2D eigenvalue weighted by Crippen LogP contribution is 2.27. The van der Waals surface area contributed by atoms with E-state index in [1.807, 2.05) is 18.2 Å². The summed E-state index contributed by atoms with van der Waals surface area (Å²) in [6.45, 7) is 0. The van der Waals surface area contributed by atoms with Gasteiger partial charge in [0, 0.05) is 5.69 Å². The number of aryl methyl sites for hydroxylation is 1. The molecule has 16 heavy (non-hydrogen) atoms. The van der Waals surface area contributed by atoms with Crippen molar-refractivity contribution in [2.24, 2.45) is 0 Å². The number of hydrogen-bond donors (Lipinski definition) is 2. The maximum Gasteiger partial charge on any atom is 0.326 e. The fourth-order valence-corrected chi connectivity index (χ4v) is 1.99. The predicted octanol–water partition coefficient (Wildman–Crippen LogP) is 1.90. The van der Waals surface area contributed by atoms with Gasteiger partial charge in [0.15, 0.2) is 0 Å². The largest absolute Gasteiger partial charge is 0.497 e. The van der Waals surface area contributed by atoms with Crippen LogP contribution >= 0.6 is 0 Å². The van der Waals surface area contributed by atoms with E-state index in [1.54, 1.807) is 7.11 Å². The molecule has 0 radical (unpaired) electrons. The molecule has 1 aromatic carbocycles. The Kier molecular flexibility index (Phi) is 2.99. The molecule has 0 saturated carbocycles. The lowest BCUT2D eigenvalue weighted by Gasteiger charge is -2.14. The van der Waals surface area contributed by atoms with E-state index in [0.29, 0.717) is 6.42 Å². The van der Waals surface area contributed by atoms with E-state index in [-0.39, 0.29) is 0 Å². The second-order valence-electron chi connectivity index (χ2n) is 3.95. The average molecular weight is 221 g/mol. The van der Waals surface area contributed by atoms with Gasteiger partial charge in [-0.25, -0.2) is 4.79 Å². The lowest BCUT2D eigenvalue weighted by molar-refractivity contribution is -0.138. The average Bonchev–Trinajstić information content (AvgIpc) is 2.49. The zero-order valence-electron chi connectivity index (χ0n) is 9.19. The molecule has 0 fully saturated rings. The third kappa shape index (κ3) is 2.10. The number of aliphatic carboxylic acids is 1. The molecule has 86 valence electrons. The molecule has 1 aliphatic heterocycles. The van der Waals surface area contributed by atoms with Crippen molar-refractivity contribution in [3.05, 3.63) is 23.8 Å². The zero-order valence-corrected chi connectivity index (χ0v) is 9.19. The Balaban J connectivity index is 2.27. The molecule has 1 atom stereocenters. The number of nitrogens with one attached hydrogen (secondary N) is 1. The quantitative estimate of drug-likeness (QED) is 0.800. The first-order valence-electron chi connectivity index (χ1n) is 5.37. The van der Waals surface area contributed by atoms with Gasteiger partial charge in [-0.2, -0.15) is 0 Å². The number of rotatable bonds is 2. The molecular formula is C12H15NO3. The van der Waals surface area contributed by atoms with E-state index in [4.69, 9.17) is 9.84 Å². The SMILES string of the molecule is COc1ccc2c(c1)CCCC(C(=O)O)N2. The van der Waals surface area contributed by atoms with E-state index < -0.39 is 12.0 Å². The highest BCUT2D eigenvalue weighted by molar-refractivity contribution is 5.78. The maximum atomic E-state index is 11.0. The molecule has 4 nitrogen and oxygen atoms in total. The second kappa shape index (κ2) is 4.43.